The average molecular weight is 337 g/mol. The fourth-order valence-corrected chi connectivity index (χ4v) is 4.46. The Labute approximate surface area is 141 Å². The van der Waals surface area contributed by atoms with Gasteiger partial charge >= 0.3 is 6.03 Å². The molecule has 1 saturated carbocycles. The largest absolute Gasteiger partial charge is 0.335 e. The van der Waals surface area contributed by atoms with Crippen LogP contribution in [0.5, 0.6) is 0 Å². The molecule has 2 fully saturated rings. The lowest BCUT2D eigenvalue weighted by atomic mass is 9.96. The van der Waals surface area contributed by atoms with Crippen LogP contribution in [0.15, 0.2) is 36.5 Å². The van der Waals surface area contributed by atoms with E-state index in [2.05, 4.69) is 11.9 Å². The lowest BCUT2D eigenvalue weighted by Crippen LogP contribution is -2.43. The lowest BCUT2D eigenvalue weighted by Gasteiger charge is -2.26. The number of amides is 2. The molecule has 0 bridgehead atoms. The Morgan fingerprint density at radius 3 is 2.59 bits per heavy atom. The molecule has 1 N–H and O–H groups in total. The van der Waals surface area contributed by atoms with Crippen molar-refractivity contribution in [3.63, 3.8) is 0 Å². The van der Waals surface area contributed by atoms with Gasteiger partial charge in [0, 0.05) is 16.8 Å². The van der Waals surface area contributed by atoms with Crippen LogP contribution in [0.3, 0.4) is 0 Å². The van der Waals surface area contributed by atoms with E-state index in [1.165, 1.54) is 19.3 Å². The van der Waals surface area contributed by atoms with Crippen molar-refractivity contribution in [2.24, 2.45) is 0 Å². The summed E-state index contributed by atoms with van der Waals surface area (Å²) in [4.78, 5) is 14.3. The molecule has 5 heteroatoms. The minimum absolute atomic E-state index is 0.000800. The monoisotopic (exact) mass is 336 g/mol. The number of thioether (sulfide) groups is 1. The van der Waals surface area contributed by atoms with Gasteiger partial charge in [-0.2, -0.15) is 0 Å². The van der Waals surface area contributed by atoms with Crippen LogP contribution in [0.25, 0.3) is 0 Å². The molecule has 1 aliphatic carbocycles. The number of hydrogen-bond acceptors (Lipinski definition) is 2. The van der Waals surface area contributed by atoms with Gasteiger partial charge in [-0.1, -0.05) is 49.6 Å². The molecule has 1 atom stereocenters. The first-order valence-corrected chi connectivity index (χ1v) is 9.22. The van der Waals surface area contributed by atoms with E-state index in [0.29, 0.717) is 11.9 Å². The van der Waals surface area contributed by atoms with Crippen LogP contribution in [-0.4, -0.2) is 22.8 Å². The standard InChI is InChI=1S/C17H21ClN2OS/c1-12-16(13-7-9-14(18)10-8-13)22-11-20(12)17(21)19-15-5-3-2-4-6-15/h7-10,15-16H,1-6,11H2,(H,19,21). The number of hydrogen-bond donors (Lipinski definition) is 1. The summed E-state index contributed by atoms with van der Waals surface area (Å²) in [5.41, 5.74) is 2.01. The second-order valence-electron chi connectivity index (χ2n) is 5.93. The van der Waals surface area contributed by atoms with Crippen molar-refractivity contribution < 1.29 is 4.79 Å². The number of halogens is 1. The molecule has 1 aromatic rings. The zero-order valence-corrected chi connectivity index (χ0v) is 14.1. The van der Waals surface area contributed by atoms with E-state index in [0.717, 1.165) is 29.1 Å². The van der Waals surface area contributed by atoms with Crippen LogP contribution < -0.4 is 5.32 Å². The molecule has 0 spiro atoms. The van der Waals surface area contributed by atoms with Crippen molar-refractivity contribution in [2.75, 3.05) is 5.88 Å². The van der Waals surface area contributed by atoms with Gasteiger partial charge in [0.05, 0.1) is 11.1 Å². The fourth-order valence-electron chi connectivity index (χ4n) is 3.08. The van der Waals surface area contributed by atoms with Crippen molar-refractivity contribution in [3.05, 3.63) is 47.1 Å². The van der Waals surface area contributed by atoms with Crippen molar-refractivity contribution >= 4 is 29.4 Å². The number of benzene rings is 1. The topological polar surface area (TPSA) is 32.3 Å². The predicted molar refractivity (Wildman–Crippen MR) is 93.0 cm³/mol. The normalized spacial score (nSPS) is 22.9. The molecule has 0 radical (unpaired) electrons. The molecule has 2 amide bonds. The van der Waals surface area contributed by atoms with E-state index in [-0.39, 0.29) is 11.3 Å². The Balaban J connectivity index is 1.62. The first-order valence-electron chi connectivity index (χ1n) is 7.79. The summed E-state index contributed by atoms with van der Waals surface area (Å²) < 4.78 is 0. The van der Waals surface area contributed by atoms with Crippen LogP contribution in [0.1, 0.15) is 42.9 Å². The van der Waals surface area contributed by atoms with E-state index >= 15 is 0 Å². The van der Waals surface area contributed by atoms with Gasteiger partial charge < -0.3 is 5.32 Å². The molecule has 3 rings (SSSR count). The Morgan fingerprint density at radius 2 is 1.91 bits per heavy atom. The van der Waals surface area contributed by atoms with E-state index < -0.39 is 0 Å². The summed E-state index contributed by atoms with van der Waals surface area (Å²) in [7, 11) is 0. The number of carbonyl (C=O) groups excluding carboxylic acids is 1. The molecule has 0 aromatic heterocycles. The molecule has 1 heterocycles. The number of urea groups is 1. The second-order valence-corrected chi connectivity index (χ2v) is 7.43. The van der Waals surface area contributed by atoms with Gasteiger partial charge in [-0.25, -0.2) is 4.79 Å². The summed E-state index contributed by atoms with van der Waals surface area (Å²) >= 11 is 7.67. The molecule has 1 saturated heterocycles. The highest BCUT2D eigenvalue weighted by atomic mass is 35.5. The maximum absolute atomic E-state index is 12.5. The van der Waals surface area contributed by atoms with E-state index in [9.17, 15) is 4.79 Å². The molecule has 118 valence electrons. The Morgan fingerprint density at radius 1 is 1.23 bits per heavy atom. The Hall–Kier alpha value is -1.13. The highest BCUT2D eigenvalue weighted by Crippen LogP contribution is 2.43. The number of carbonyl (C=O) groups is 1. The third kappa shape index (κ3) is 3.44. The zero-order chi connectivity index (χ0) is 15.5. The van der Waals surface area contributed by atoms with E-state index in [1.807, 2.05) is 24.3 Å². The quantitative estimate of drug-likeness (QED) is 0.829. The highest BCUT2D eigenvalue weighted by molar-refractivity contribution is 8.00. The van der Waals surface area contributed by atoms with E-state index in [1.54, 1.807) is 16.7 Å². The summed E-state index contributed by atoms with van der Waals surface area (Å²) in [6.45, 7) is 4.14. The molecule has 1 aliphatic heterocycles. The number of nitrogens with zero attached hydrogens (tertiary/aromatic N) is 1. The van der Waals surface area contributed by atoms with Gasteiger partial charge in [-0.3, -0.25) is 4.90 Å². The van der Waals surface area contributed by atoms with Crippen LogP contribution in [0.2, 0.25) is 5.02 Å². The number of nitrogens with one attached hydrogen (secondary N) is 1. The maximum Gasteiger partial charge on any atom is 0.322 e. The Bertz CT molecular complexity index is 554. The van der Waals surface area contributed by atoms with Gasteiger partial charge in [0.15, 0.2) is 0 Å². The van der Waals surface area contributed by atoms with Gasteiger partial charge in [0.1, 0.15) is 0 Å². The highest BCUT2D eigenvalue weighted by Gasteiger charge is 2.33. The smallest absolute Gasteiger partial charge is 0.322 e. The minimum atomic E-state index is 0.000800. The average Bonchev–Trinajstić information content (AvgIpc) is 2.91. The molecule has 1 unspecified atom stereocenters. The first kappa shape index (κ1) is 15.8. The molecule has 22 heavy (non-hydrogen) atoms. The molecule has 2 aliphatic rings. The van der Waals surface area contributed by atoms with E-state index in [4.69, 9.17) is 11.6 Å². The van der Waals surface area contributed by atoms with Gasteiger partial charge in [-0.05, 0) is 30.5 Å². The molecule has 1 aromatic carbocycles. The van der Waals surface area contributed by atoms with Crippen molar-refractivity contribution in [2.45, 2.75) is 43.4 Å². The first-order chi connectivity index (χ1) is 10.6. The lowest BCUT2D eigenvalue weighted by molar-refractivity contribution is 0.210. The third-order valence-electron chi connectivity index (χ3n) is 4.37. The summed E-state index contributed by atoms with van der Waals surface area (Å²) in [5.74, 6) is 0.657. The summed E-state index contributed by atoms with van der Waals surface area (Å²) in [5, 5.41) is 4.02. The minimum Gasteiger partial charge on any atom is -0.335 e. The fraction of sp³-hybridized carbons (Fsp3) is 0.471. The van der Waals surface area contributed by atoms with Crippen molar-refractivity contribution in [1.29, 1.82) is 0 Å². The summed E-state index contributed by atoms with van der Waals surface area (Å²) in [6, 6.07) is 8.11. The molecular weight excluding hydrogens is 316 g/mol. The van der Waals surface area contributed by atoms with Gasteiger partial charge in [0.2, 0.25) is 0 Å². The van der Waals surface area contributed by atoms with Gasteiger partial charge in [0.25, 0.3) is 0 Å². The predicted octanol–water partition coefficient (Wildman–Crippen LogP) is 4.94. The van der Waals surface area contributed by atoms with Crippen LogP contribution in [-0.2, 0) is 0 Å². The zero-order valence-electron chi connectivity index (χ0n) is 12.6. The SMILES string of the molecule is C=C1C(c2ccc(Cl)cc2)SCN1C(=O)NC1CCCCC1. The Kier molecular flexibility index (Phi) is 4.99. The molecular formula is C17H21ClN2OS. The second kappa shape index (κ2) is 6.97. The summed E-state index contributed by atoms with van der Waals surface area (Å²) in [6.07, 6.45) is 5.92. The van der Waals surface area contributed by atoms with Crippen LogP contribution in [0.4, 0.5) is 4.79 Å². The van der Waals surface area contributed by atoms with Crippen molar-refractivity contribution in [1.82, 2.24) is 10.2 Å². The number of rotatable bonds is 2. The third-order valence-corrected chi connectivity index (χ3v) is 5.91. The van der Waals surface area contributed by atoms with Crippen LogP contribution >= 0.6 is 23.4 Å². The maximum atomic E-state index is 12.5. The van der Waals surface area contributed by atoms with Crippen LogP contribution in [0, 0.1) is 0 Å². The molecule has 3 nitrogen and oxygen atoms in total. The van der Waals surface area contributed by atoms with Crippen molar-refractivity contribution in [3.8, 4) is 0 Å². The van der Waals surface area contributed by atoms with Gasteiger partial charge in [-0.15, -0.1) is 11.8 Å².